The van der Waals surface area contributed by atoms with Crippen molar-refractivity contribution >= 4 is 5.91 Å². The molecule has 2 aromatic rings. The van der Waals surface area contributed by atoms with Crippen LogP contribution in [0, 0.1) is 13.8 Å². The number of hydrogen-bond donors (Lipinski definition) is 1. The molecule has 1 atom stereocenters. The predicted octanol–water partition coefficient (Wildman–Crippen LogP) is 2.86. The third-order valence-corrected chi connectivity index (χ3v) is 4.84. The van der Waals surface area contributed by atoms with E-state index in [-0.39, 0.29) is 23.1 Å². The van der Waals surface area contributed by atoms with Crippen LogP contribution in [0.5, 0.6) is 0 Å². The smallest absolute Gasteiger partial charge is 0.261 e. The van der Waals surface area contributed by atoms with Gasteiger partial charge in [-0.2, -0.15) is 0 Å². The van der Waals surface area contributed by atoms with E-state index in [2.05, 4.69) is 17.1 Å². The fraction of sp³-hybridized carbons (Fsp3) is 0.429. The van der Waals surface area contributed by atoms with Crippen LogP contribution in [0.3, 0.4) is 0 Å². The van der Waals surface area contributed by atoms with Crippen molar-refractivity contribution in [1.82, 2.24) is 9.88 Å². The summed E-state index contributed by atoms with van der Waals surface area (Å²) >= 11 is 0. The number of morpholine rings is 1. The van der Waals surface area contributed by atoms with E-state index in [9.17, 15) is 9.59 Å². The number of nitrogens with zero attached hydrogens (tertiary/aromatic N) is 1. The predicted molar refractivity (Wildman–Crippen MR) is 102 cm³/mol. The second kappa shape index (κ2) is 8.32. The van der Waals surface area contributed by atoms with E-state index in [4.69, 9.17) is 4.74 Å². The zero-order valence-corrected chi connectivity index (χ0v) is 15.5. The molecular weight excluding hydrogens is 328 g/mol. The number of aromatic nitrogens is 1. The van der Waals surface area contributed by atoms with Crippen LogP contribution in [0.15, 0.2) is 41.2 Å². The molecule has 2 heterocycles. The standard InChI is InChI=1S/C21H26N2O3/c1-15-13-16(2)22-20(24)19(15)21(25)23-11-12-26-18(14-23)10-6-9-17-7-4-3-5-8-17/h3-5,7-8,13,18H,6,9-12,14H2,1-2H3,(H,22,24)/t18-/m0/s1. The first-order chi connectivity index (χ1) is 12.5. The quantitative estimate of drug-likeness (QED) is 0.898. The maximum Gasteiger partial charge on any atom is 0.261 e. The maximum absolute atomic E-state index is 12.8. The highest BCUT2D eigenvalue weighted by atomic mass is 16.5. The second-order valence-corrected chi connectivity index (χ2v) is 6.96. The Kier molecular flexibility index (Phi) is 5.89. The molecule has 5 heteroatoms. The fourth-order valence-electron chi connectivity index (χ4n) is 3.53. The van der Waals surface area contributed by atoms with Gasteiger partial charge in [-0.1, -0.05) is 30.3 Å². The van der Waals surface area contributed by atoms with Crippen LogP contribution in [0.1, 0.15) is 40.0 Å². The van der Waals surface area contributed by atoms with Gasteiger partial charge in [-0.05, 0) is 50.3 Å². The summed E-state index contributed by atoms with van der Waals surface area (Å²) in [6, 6.07) is 12.2. The van der Waals surface area contributed by atoms with Crippen molar-refractivity contribution in [2.75, 3.05) is 19.7 Å². The van der Waals surface area contributed by atoms with Crippen molar-refractivity contribution in [1.29, 1.82) is 0 Å². The Morgan fingerprint density at radius 3 is 2.77 bits per heavy atom. The monoisotopic (exact) mass is 354 g/mol. The molecule has 0 saturated carbocycles. The summed E-state index contributed by atoms with van der Waals surface area (Å²) < 4.78 is 5.83. The molecule has 26 heavy (non-hydrogen) atoms. The van der Waals surface area contributed by atoms with E-state index in [0.29, 0.717) is 19.7 Å². The van der Waals surface area contributed by atoms with Crippen LogP contribution in [0.4, 0.5) is 0 Å². The molecule has 0 radical (unpaired) electrons. The average Bonchev–Trinajstić information content (AvgIpc) is 2.62. The molecular formula is C21H26N2O3. The molecule has 0 spiro atoms. The molecule has 1 aromatic heterocycles. The van der Waals surface area contributed by atoms with Crippen LogP contribution in [-0.4, -0.2) is 41.6 Å². The van der Waals surface area contributed by atoms with E-state index in [1.807, 2.05) is 38.1 Å². The Bertz CT molecular complexity index is 814. The number of nitrogens with one attached hydrogen (secondary N) is 1. The van der Waals surface area contributed by atoms with Gasteiger partial charge in [0.05, 0.1) is 12.7 Å². The number of benzene rings is 1. The summed E-state index contributed by atoms with van der Waals surface area (Å²) in [6.07, 6.45) is 2.95. The molecule has 0 aliphatic carbocycles. The Hall–Kier alpha value is -2.40. The molecule has 1 aliphatic heterocycles. The molecule has 3 rings (SSSR count). The maximum atomic E-state index is 12.8. The van der Waals surface area contributed by atoms with Crippen LogP contribution < -0.4 is 5.56 Å². The molecule has 0 bridgehead atoms. The summed E-state index contributed by atoms with van der Waals surface area (Å²) in [5.41, 5.74) is 2.76. The van der Waals surface area contributed by atoms with Gasteiger partial charge in [0.25, 0.3) is 11.5 Å². The van der Waals surface area contributed by atoms with Crippen LogP contribution in [-0.2, 0) is 11.2 Å². The van der Waals surface area contributed by atoms with Crippen molar-refractivity contribution < 1.29 is 9.53 Å². The molecule has 1 saturated heterocycles. The van der Waals surface area contributed by atoms with Gasteiger partial charge in [-0.3, -0.25) is 9.59 Å². The van der Waals surface area contributed by atoms with Gasteiger partial charge in [0.15, 0.2) is 0 Å². The number of aryl methyl sites for hydroxylation is 3. The first-order valence-corrected chi connectivity index (χ1v) is 9.20. The second-order valence-electron chi connectivity index (χ2n) is 6.96. The molecule has 1 fully saturated rings. The van der Waals surface area contributed by atoms with E-state index < -0.39 is 0 Å². The minimum Gasteiger partial charge on any atom is -0.375 e. The number of amides is 1. The van der Waals surface area contributed by atoms with Crippen molar-refractivity contribution in [2.45, 2.75) is 39.2 Å². The third kappa shape index (κ3) is 4.41. The lowest BCUT2D eigenvalue weighted by Gasteiger charge is -2.33. The van der Waals surface area contributed by atoms with Gasteiger partial charge in [0.2, 0.25) is 0 Å². The van der Waals surface area contributed by atoms with E-state index in [1.54, 1.807) is 4.90 Å². The molecule has 1 aromatic carbocycles. The number of rotatable bonds is 5. The number of ether oxygens (including phenoxy) is 1. The summed E-state index contributed by atoms with van der Waals surface area (Å²) in [5, 5.41) is 0. The van der Waals surface area contributed by atoms with Crippen molar-refractivity contribution in [3.63, 3.8) is 0 Å². The topological polar surface area (TPSA) is 62.4 Å². The van der Waals surface area contributed by atoms with Gasteiger partial charge in [-0.25, -0.2) is 0 Å². The number of H-pyrrole nitrogens is 1. The Labute approximate surface area is 154 Å². The number of hydrogen-bond acceptors (Lipinski definition) is 3. The lowest BCUT2D eigenvalue weighted by atomic mass is 10.0. The molecule has 5 nitrogen and oxygen atoms in total. The van der Waals surface area contributed by atoms with Crippen molar-refractivity contribution in [3.05, 3.63) is 69.1 Å². The first kappa shape index (κ1) is 18.4. The summed E-state index contributed by atoms with van der Waals surface area (Å²) in [4.78, 5) is 29.5. The number of carbonyl (C=O) groups is 1. The highest BCUT2D eigenvalue weighted by Gasteiger charge is 2.27. The van der Waals surface area contributed by atoms with Crippen LogP contribution in [0.2, 0.25) is 0 Å². The minimum absolute atomic E-state index is 0.0289. The highest BCUT2D eigenvalue weighted by molar-refractivity contribution is 5.95. The molecule has 1 amide bonds. The first-order valence-electron chi connectivity index (χ1n) is 9.20. The third-order valence-electron chi connectivity index (χ3n) is 4.84. The van der Waals surface area contributed by atoms with Gasteiger partial charge in [-0.15, -0.1) is 0 Å². The van der Waals surface area contributed by atoms with Gasteiger partial charge in [0.1, 0.15) is 5.56 Å². The zero-order valence-electron chi connectivity index (χ0n) is 15.5. The van der Waals surface area contributed by atoms with Crippen LogP contribution >= 0.6 is 0 Å². The normalized spacial score (nSPS) is 17.3. The number of aromatic amines is 1. The summed E-state index contributed by atoms with van der Waals surface area (Å²) in [6.45, 7) is 5.22. The Balaban J connectivity index is 1.60. The SMILES string of the molecule is Cc1cc(C)c(C(=O)N2CCO[C@@H](CCCc3ccccc3)C2)c(=O)[nH]1. The lowest BCUT2D eigenvalue weighted by Crippen LogP contribution is -2.47. The highest BCUT2D eigenvalue weighted by Crippen LogP contribution is 2.16. The number of pyridine rings is 1. The fourth-order valence-corrected chi connectivity index (χ4v) is 3.53. The van der Waals surface area contributed by atoms with E-state index >= 15 is 0 Å². The van der Waals surface area contributed by atoms with E-state index in [0.717, 1.165) is 30.5 Å². The molecule has 1 aliphatic rings. The Morgan fingerprint density at radius 2 is 2.04 bits per heavy atom. The molecule has 138 valence electrons. The molecule has 0 unspecified atom stereocenters. The summed E-state index contributed by atoms with van der Waals surface area (Å²) in [5.74, 6) is -0.194. The van der Waals surface area contributed by atoms with Gasteiger partial charge in [0, 0.05) is 18.8 Å². The largest absolute Gasteiger partial charge is 0.375 e. The summed E-state index contributed by atoms with van der Waals surface area (Å²) in [7, 11) is 0. The minimum atomic E-state index is -0.306. The molecule has 1 N–H and O–H groups in total. The van der Waals surface area contributed by atoms with E-state index in [1.165, 1.54) is 5.56 Å². The van der Waals surface area contributed by atoms with Gasteiger partial charge >= 0.3 is 0 Å². The zero-order chi connectivity index (χ0) is 18.5. The lowest BCUT2D eigenvalue weighted by molar-refractivity contribution is -0.0255. The number of carbonyl (C=O) groups excluding carboxylic acids is 1. The van der Waals surface area contributed by atoms with Gasteiger partial charge < -0.3 is 14.6 Å². The average molecular weight is 354 g/mol. The van der Waals surface area contributed by atoms with Crippen molar-refractivity contribution in [2.24, 2.45) is 0 Å². The van der Waals surface area contributed by atoms with Crippen molar-refractivity contribution in [3.8, 4) is 0 Å². The Morgan fingerprint density at radius 1 is 1.27 bits per heavy atom. The van der Waals surface area contributed by atoms with Crippen LogP contribution in [0.25, 0.3) is 0 Å².